The minimum atomic E-state index is -0.429. The van der Waals surface area contributed by atoms with Crippen LogP contribution >= 0.6 is 0 Å². The van der Waals surface area contributed by atoms with Crippen LogP contribution in [0.4, 0.5) is 0 Å². The molecule has 0 aromatic heterocycles. The molecule has 0 saturated carbocycles. The van der Waals surface area contributed by atoms with E-state index in [4.69, 9.17) is 5.73 Å². The van der Waals surface area contributed by atoms with E-state index in [2.05, 4.69) is 38.3 Å². The molecule has 0 saturated heterocycles. The van der Waals surface area contributed by atoms with Gasteiger partial charge in [-0.25, -0.2) is 0 Å². The molecule has 0 heterocycles. The van der Waals surface area contributed by atoms with Gasteiger partial charge in [-0.1, -0.05) is 47.0 Å². The molecule has 0 aliphatic carbocycles. The first-order valence-corrected chi connectivity index (χ1v) is 13.0. The molecule has 1 aromatic carbocycles. The van der Waals surface area contributed by atoms with Gasteiger partial charge in [0.1, 0.15) is 0 Å². The van der Waals surface area contributed by atoms with E-state index in [1.807, 2.05) is 24.0 Å². The van der Waals surface area contributed by atoms with Gasteiger partial charge in [0.05, 0.1) is 6.17 Å². The number of nitrogens with zero attached hydrogens (tertiary/aromatic N) is 1. The molecular weight excluding hydrogens is 412 g/mol. The second-order valence-corrected chi connectivity index (χ2v) is 9.25. The molecule has 2 amide bonds. The molecule has 2 atom stereocenters. The zero-order valence-corrected chi connectivity index (χ0v) is 21.7. The number of hydrogen-bond donors (Lipinski definition) is 3. The van der Waals surface area contributed by atoms with Gasteiger partial charge in [-0.05, 0) is 81.8 Å². The van der Waals surface area contributed by atoms with Crippen molar-refractivity contribution in [3.8, 4) is 0 Å². The van der Waals surface area contributed by atoms with E-state index in [0.717, 1.165) is 44.6 Å². The lowest BCUT2D eigenvalue weighted by Gasteiger charge is -2.22. The van der Waals surface area contributed by atoms with Crippen LogP contribution in [-0.4, -0.2) is 49.1 Å². The Bertz CT molecular complexity index is 701. The topological polar surface area (TPSA) is 87.5 Å². The molecule has 0 radical (unpaired) electrons. The largest absolute Gasteiger partial charge is 0.339 e. The number of rotatable bonds is 17. The maximum atomic E-state index is 13.0. The predicted octanol–water partition coefficient (Wildman–Crippen LogP) is 4.86. The molecule has 6 nitrogen and oxygen atoms in total. The van der Waals surface area contributed by atoms with E-state index in [-0.39, 0.29) is 11.8 Å². The molecule has 0 bridgehead atoms. The predicted molar refractivity (Wildman–Crippen MR) is 139 cm³/mol. The van der Waals surface area contributed by atoms with Crippen molar-refractivity contribution in [3.63, 3.8) is 0 Å². The second kappa shape index (κ2) is 16.7. The van der Waals surface area contributed by atoms with E-state index < -0.39 is 6.17 Å². The van der Waals surface area contributed by atoms with E-state index in [1.54, 1.807) is 6.07 Å². The Kier molecular flexibility index (Phi) is 14.7. The summed E-state index contributed by atoms with van der Waals surface area (Å²) in [6.45, 7) is 13.7. The lowest BCUT2D eigenvalue weighted by molar-refractivity contribution is 0.0755. The second-order valence-electron chi connectivity index (χ2n) is 9.25. The van der Waals surface area contributed by atoms with Crippen LogP contribution in [0.15, 0.2) is 18.2 Å². The quantitative estimate of drug-likeness (QED) is 0.229. The summed E-state index contributed by atoms with van der Waals surface area (Å²) >= 11 is 0. The number of unbranched alkanes of at least 4 members (excludes halogenated alkanes) is 1. The fourth-order valence-electron chi connectivity index (χ4n) is 4.21. The van der Waals surface area contributed by atoms with Gasteiger partial charge in [-0.2, -0.15) is 0 Å². The molecule has 1 aromatic rings. The Morgan fingerprint density at radius 2 is 1.58 bits per heavy atom. The summed E-state index contributed by atoms with van der Waals surface area (Å²) in [6.07, 6.45) is 8.29. The van der Waals surface area contributed by atoms with Gasteiger partial charge < -0.3 is 21.3 Å². The molecule has 188 valence electrons. The average Bonchev–Trinajstić information content (AvgIpc) is 2.79. The fourth-order valence-corrected chi connectivity index (χ4v) is 4.21. The average molecular weight is 461 g/mol. The van der Waals surface area contributed by atoms with E-state index in [0.29, 0.717) is 23.5 Å². The van der Waals surface area contributed by atoms with Gasteiger partial charge in [-0.15, -0.1) is 0 Å². The van der Waals surface area contributed by atoms with Crippen LogP contribution in [-0.2, 0) is 0 Å². The van der Waals surface area contributed by atoms with E-state index in [1.165, 1.54) is 32.1 Å². The summed E-state index contributed by atoms with van der Waals surface area (Å²) in [6, 6.07) is 5.35. The maximum Gasteiger partial charge on any atom is 0.253 e. The lowest BCUT2D eigenvalue weighted by atomic mass is 9.97. The first-order chi connectivity index (χ1) is 15.9. The molecule has 4 N–H and O–H groups in total. The molecule has 0 aliphatic rings. The standard InChI is InChI=1S/C27H48N4O2/c1-6-10-12-22(11-7-2)20-29-14-13-25(28)30-26(32)23-17-21(5)18-24(19-23)27(33)31(15-8-3)16-9-4/h17-19,22,25,29H,6-16,20,28H2,1-5H3,(H,30,32)/t22?,25-/m0/s1. The summed E-state index contributed by atoms with van der Waals surface area (Å²) in [5, 5.41) is 6.40. The number of hydrogen-bond acceptors (Lipinski definition) is 4. The van der Waals surface area contributed by atoms with Crippen LogP contribution in [0.2, 0.25) is 0 Å². The Labute approximate surface area is 202 Å². The molecule has 1 rings (SSSR count). The molecule has 33 heavy (non-hydrogen) atoms. The van der Waals surface area contributed by atoms with Crippen molar-refractivity contribution in [1.82, 2.24) is 15.5 Å². The SMILES string of the molecule is CCCCC(CCC)CNCC[C@@H](N)NC(=O)c1cc(C)cc(C(=O)N(CCC)CCC)c1. The van der Waals surface area contributed by atoms with E-state index in [9.17, 15) is 9.59 Å². The Hall–Kier alpha value is -1.92. The van der Waals surface area contributed by atoms with Crippen LogP contribution in [0.3, 0.4) is 0 Å². The zero-order valence-electron chi connectivity index (χ0n) is 21.7. The molecule has 0 fully saturated rings. The van der Waals surface area contributed by atoms with Gasteiger partial charge in [0.2, 0.25) is 0 Å². The van der Waals surface area contributed by atoms with Crippen LogP contribution in [0, 0.1) is 12.8 Å². The maximum absolute atomic E-state index is 13.0. The number of benzene rings is 1. The zero-order chi connectivity index (χ0) is 24.6. The van der Waals surface area contributed by atoms with Crippen molar-refractivity contribution >= 4 is 11.8 Å². The van der Waals surface area contributed by atoms with Crippen molar-refractivity contribution in [3.05, 3.63) is 34.9 Å². The summed E-state index contributed by atoms with van der Waals surface area (Å²) in [4.78, 5) is 27.6. The minimum absolute atomic E-state index is 0.0188. The highest BCUT2D eigenvalue weighted by atomic mass is 16.2. The minimum Gasteiger partial charge on any atom is -0.339 e. The van der Waals surface area contributed by atoms with Crippen LogP contribution in [0.1, 0.15) is 105 Å². The Balaban J connectivity index is 2.63. The van der Waals surface area contributed by atoms with Crippen molar-refractivity contribution in [2.24, 2.45) is 11.7 Å². The summed E-state index contributed by atoms with van der Waals surface area (Å²) in [5.74, 6) is 0.461. The van der Waals surface area contributed by atoms with Gasteiger partial charge >= 0.3 is 0 Å². The highest BCUT2D eigenvalue weighted by molar-refractivity contribution is 6.00. The third kappa shape index (κ3) is 11.2. The summed E-state index contributed by atoms with van der Waals surface area (Å²) in [5.41, 5.74) is 8.12. The Morgan fingerprint density at radius 1 is 0.909 bits per heavy atom. The number of amides is 2. The molecular formula is C27H48N4O2. The monoisotopic (exact) mass is 460 g/mol. The van der Waals surface area contributed by atoms with Crippen molar-refractivity contribution in [2.45, 2.75) is 92.2 Å². The molecule has 1 unspecified atom stereocenters. The number of nitrogens with one attached hydrogen (secondary N) is 2. The van der Waals surface area contributed by atoms with Gasteiger partial charge in [0.25, 0.3) is 11.8 Å². The third-order valence-corrected chi connectivity index (χ3v) is 5.91. The highest BCUT2D eigenvalue weighted by Crippen LogP contribution is 2.15. The number of carbonyl (C=O) groups excluding carboxylic acids is 2. The first kappa shape index (κ1) is 29.1. The first-order valence-electron chi connectivity index (χ1n) is 13.0. The number of aryl methyl sites for hydroxylation is 1. The van der Waals surface area contributed by atoms with Crippen molar-refractivity contribution in [1.29, 1.82) is 0 Å². The van der Waals surface area contributed by atoms with Crippen LogP contribution in [0.25, 0.3) is 0 Å². The van der Waals surface area contributed by atoms with Crippen LogP contribution < -0.4 is 16.4 Å². The Morgan fingerprint density at radius 3 is 2.18 bits per heavy atom. The van der Waals surface area contributed by atoms with Gasteiger partial charge in [-0.3, -0.25) is 9.59 Å². The van der Waals surface area contributed by atoms with Crippen molar-refractivity contribution in [2.75, 3.05) is 26.2 Å². The third-order valence-electron chi connectivity index (χ3n) is 5.91. The number of carbonyl (C=O) groups is 2. The summed E-state index contributed by atoms with van der Waals surface area (Å²) < 4.78 is 0. The van der Waals surface area contributed by atoms with E-state index >= 15 is 0 Å². The molecule has 0 spiro atoms. The number of nitrogens with two attached hydrogens (primary N) is 1. The molecule has 0 aliphatic heterocycles. The van der Waals surface area contributed by atoms with Crippen LogP contribution in [0.5, 0.6) is 0 Å². The lowest BCUT2D eigenvalue weighted by Crippen LogP contribution is -2.43. The fraction of sp³-hybridized carbons (Fsp3) is 0.704. The smallest absolute Gasteiger partial charge is 0.253 e. The normalized spacial score (nSPS) is 12.9. The highest BCUT2D eigenvalue weighted by Gasteiger charge is 2.18. The van der Waals surface area contributed by atoms with Gasteiger partial charge in [0.15, 0.2) is 0 Å². The summed E-state index contributed by atoms with van der Waals surface area (Å²) in [7, 11) is 0. The van der Waals surface area contributed by atoms with Gasteiger partial charge in [0, 0.05) is 24.2 Å². The van der Waals surface area contributed by atoms with Crippen molar-refractivity contribution < 1.29 is 9.59 Å². The molecule has 6 heteroatoms.